The predicted octanol–water partition coefficient (Wildman–Crippen LogP) is 4.05. The molecule has 0 spiro atoms. The standard InChI is InChI=1S/C21H20ClN7OS/c22-16-10-8-15(9-11-16)20-24-25-21(28(20)13-18-7-4-12-30-18)31-14-19-23-26-27-29(19)17-5-2-1-3-6-17/h1-3,5-6,8-11,18H,4,7,12-14H2/t18-/m0/s1. The van der Waals surface area contributed by atoms with Gasteiger partial charge < -0.3 is 4.74 Å². The molecule has 2 aromatic heterocycles. The van der Waals surface area contributed by atoms with Crippen LogP contribution in [0.5, 0.6) is 0 Å². The lowest BCUT2D eigenvalue weighted by atomic mass is 10.2. The minimum atomic E-state index is 0.163. The van der Waals surface area contributed by atoms with Crippen molar-refractivity contribution >= 4 is 23.4 Å². The van der Waals surface area contributed by atoms with Crippen molar-refractivity contribution in [1.29, 1.82) is 0 Å². The Morgan fingerprint density at radius 2 is 1.87 bits per heavy atom. The van der Waals surface area contributed by atoms with Crippen LogP contribution in [0, 0.1) is 0 Å². The Bertz CT molecular complexity index is 1140. The fourth-order valence-electron chi connectivity index (χ4n) is 3.56. The molecule has 1 saturated heterocycles. The van der Waals surface area contributed by atoms with Crippen LogP contribution in [-0.4, -0.2) is 47.7 Å². The van der Waals surface area contributed by atoms with Gasteiger partial charge in [0.25, 0.3) is 0 Å². The highest BCUT2D eigenvalue weighted by atomic mass is 35.5. The van der Waals surface area contributed by atoms with Crippen LogP contribution in [0.2, 0.25) is 5.02 Å². The van der Waals surface area contributed by atoms with E-state index in [4.69, 9.17) is 16.3 Å². The van der Waals surface area contributed by atoms with Gasteiger partial charge in [-0.05, 0) is 59.7 Å². The maximum absolute atomic E-state index is 6.07. The zero-order valence-electron chi connectivity index (χ0n) is 16.6. The average molecular weight is 454 g/mol. The normalized spacial score (nSPS) is 16.1. The van der Waals surface area contributed by atoms with Crippen LogP contribution < -0.4 is 0 Å². The molecule has 1 aliphatic heterocycles. The van der Waals surface area contributed by atoms with Crippen molar-refractivity contribution in [2.45, 2.75) is 36.4 Å². The van der Waals surface area contributed by atoms with Gasteiger partial charge in [0.1, 0.15) is 0 Å². The van der Waals surface area contributed by atoms with E-state index in [1.807, 2.05) is 54.6 Å². The summed E-state index contributed by atoms with van der Waals surface area (Å²) >= 11 is 7.63. The van der Waals surface area contributed by atoms with E-state index >= 15 is 0 Å². The third-order valence-electron chi connectivity index (χ3n) is 5.09. The summed E-state index contributed by atoms with van der Waals surface area (Å²) in [4.78, 5) is 0. The van der Waals surface area contributed by atoms with Crippen LogP contribution in [0.25, 0.3) is 17.1 Å². The molecule has 2 aromatic carbocycles. The van der Waals surface area contributed by atoms with E-state index in [-0.39, 0.29) is 6.10 Å². The average Bonchev–Trinajstić information content (AvgIpc) is 3.56. The Morgan fingerprint density at radius 3 is 2.65 bits per heavy atom. The van der Waals surface area contributed by atoms with Crippen molar-refractivity contribution in [2.24, 2.45) is 0 Å². The molecule has 0 amide bonds. The number of para-hydroxylation sites is 1. The minimum Gasteiger partial charge on any atom is -0.376 e. The number of halogens is 1. The first kappa shape index (κ1) is 20.2. The van der Waals surface area contributed by atoms with Gasteiger partial charge in [0.15, 0.2) is 16.8 Å². The van der Waals surface area contributed by atoms with E-state index in [0.29, 0.717) is 17.3 Å². The zero-order valence-corrected chi connectivity index (χ0v) is 18.2. The molecule has 1 atom stereocenters. The molecule has 158 valence electrons. The number of thioether (sulfide) groups is 1. The molecule has 0 bridgehead atoms. The van der Waals surface area contributed by atoms with Gasteiger partial charge in [-0.3, -0.25) is 4.57 Å². The predicted molar refractivity (Wildman–Crippen MR) is 118 cm³/mol. The molecule has 0 saturated carbocycles. The monoisotopic (exact) mass is 453 g/mol. The van der Waals surface area contributed by atoms with Gasteiger partial charge >= 0.3 is 0 Å². The highest BCUT2D eigenvalue weighted by Crippen LogP contribution is 2.29. The van der Waals surface area contributed by atoms with E-state index in [1.165, 1.54) is 0 Å². The summed E-state index contributed by atoms with van der Waals surface area (Å²) in [5.74, 6) is 2.11. The summed E-state index contributed by atoms with van der Waals surface area (Å²) in [6.07, 6.45) is 2.28. The lowest BCUT2D eigenvalue weighted by Gasteiger charge is -2.14. The molecule has 1 aliphatic rings. The first-order chi connectivity index (χ1) is 15.3. The highest BCUT2D eigenvalue weighted by Gasteiger charge is 2.22. The maximum atomic E-state index is 6.07. The summed E-state index contributed by atoms with van der Waals surface area (Å²) in [7, 11) is 0. The zero-order chi connectivity index (χ0) is 21.0. The number of hydrogen-bond donors (Lipinski definition) is 0. The van der Waals surface area contributed by atoms with Gasteiger partial charge in [0.05, 0.1) is 24.1 Å². The topological polar surface area (TPSA) is 83.5 Å². The van der Waals surface area contributed by atoms with Crippen LogP contribution in [0.15, 0.2) is 59.8 Å². The summed E-state index contributed by atoms with van der Waals surface area (Å²) in [5.41, 5.74) is 1.89. The van der Waals surface area contributed by atoms with E-state index < -0.39 is 0 Å². The number of tetrazole rings is 1. The Morgan fingerprint density at radius 1 is 1.03 bits per heavy atom. The van der Waals surface area contributed by atoms with Crippen molar-refractivity contribution in [3.8, 4) is 17.1 Å². The lowest BCUT2D eigenvalue weighted by molar-refractivity contribution is 0.0953. The first-order valence-electron chi connectivity index (χ1n) is 10.0. The molecule has 0 aliphatic carbocycles. The summed E-state index contributed by atoms with van der Waals surface area (Å²) < 4.78 is 9.74. The number of rotatable bonds is 7. The minimum absolute atomic E-state index is 0.163. The van der Waals surface area contributed by atoms with Crippen LogP contribution in [0.3, 0.4) is 0 Å². The quantitative estimate of drug-likeness (QED) is 0.390. The lowest BCUT2D eigenvalue weighted by Crippen LogP contribution is -2.16. The molecule has 10 heteroatoms. The SMILES string of the molecule is Clc1ccc(-c2nnc(SCc3nnnn3-c3ccccc3)n2C[C@@H]2CCCO2)cc1. The molecular weight excluding hydrogens is 434 g/mol. The van der Waals surface area contributed by atoms with E-state index in [1.54, 1.807) is 16.4 Å². The fourth-order valence-corrected chi connectivity index (χ4v) is 4.54. The molecule has 1 fully saturated rings. The van der Waals surface area contributed by atoms with Crippen LogP contribution >= 0.6 is 23.4 Å². The van der Waals surface area contributed by atoms with Crippen molar-refractivity contribution in [3.63, 3.8) is 0 Å². The van der Waals surface area contributed by atoms with Gasteiger partial charge in [0, 0.05) is 17.2 Å². The third-order valence-corrected chi connectivity index (χ3v) is 6.31. The van der Waals surface area contributed by atoms with E-state index in [9.17, 15) is 0 Å². The number of ether oxygens (including phenoxy) is 1. The highest BCUT2D eigenvalue weighted by molar-refractivity contribution is 7.98. The molecule has 5 rings (SSSR count). The number of nitrogens with zero attached hydrogens (tertiary/aromatic N) is 7. The van der Waals surface area contributed by atoms with Gasteiger partial charge in [-0.1, -0.05) is 41.6 Å². The van der Waals surface area contributed by atoms with Gasteiger partial charge in [-0.25, -0.2) is 0 Å². The maximum Gasteiger partial charge on any atom is 0.192 e. The van der Waals surface area contributed by atoms with Crippen LogP contribution in [-0.2, 0) is 17.0 Å². The molecule has 4 aromatic rings. The number of hydrogen-bond acceptors (Lipinski definition) is 7. The van der Waals surface area contributed by atoms with E-state index in [2.05, 4.69) is 30.3 Å². The van der Waals surface area contributed by atoms with Crippen molar-refractivity contribution in [1.82, 2.24) is 35.0 Å². The molecule has 31 heavy (non-hydrogen) atoms. The van der Waals surface area contributed by atoms with Crippen LogP contribution in [0.4, 0.5) is 0 Å². The Hall–Kier alpha value is -2.75. The second-order valence-electron chi connectivity index (χ2n) is 7.19. The third kappa shape index (κ3) is 4.48. The first-order valence-corrected chi connectivity index (χ1v) is 11.4. The van der Waals surface area contributed by atoms with Crippen molar-refractivity contribution < 1.29 is 4.74 Å². The van der Waals surface area contributed by atoms with Crippen molar-refractivity contribution in [3.05, 3.63) is 65.4 Å². The molecule has 0 unspecified atom stereocenters. The van der Waals surface area contributed by atoms with Gasteiger partial charge in [-0.2, -0.15) is 4.68 Å². The van der Waals surface area contributed by atoms with E-state index in [0.717, 1.165) is 47.5 Å². The molecule has 0 radical (unpaired) electrons. The fraction of sp³-hybridized carbons (Fsp3) is 0.286. The Labute approximate surface area is 188 Å². The van der Waals surface area contributed by atoms with Crippen LogP contribution in [0.1, 0.15) is 18.7 Å². The molecular formula is C21H20ClN7OS. The Balaban J connectivity index is 1.41. The largest absolute Gasteiger partial charge is 0.376 e. The summed E-state index contributed by atoms with van der Waals surface area (Å²) in [6.45, 7) is 1.51. The molecule has 8 nitrogen and oxygen atoms in total. The Kier molecular flexibility index (Phi) is 5.97. The molecule has 0 N–H and O–H groups in total. The summed E-state index contributed by atoms with van der Waals surface area (Å²) in [6, 6.07) is 17.5. The number of benzene rings is 2. The van der Waals surface area contributed by atoms with Crippen molar-refractivity contribution in [2.75, 3.05) is 6.61 Å². The second kappa shape index (κ2) is 9.17. The second-order valence-corrected chi connectivity index (χ2v) is 8.57. The summed E-state index contributed by atoms with van der Waals surface area (Å²) in [5, 5.41) is 22.6. The smallest absolute Gasteiger partial charge is 0.192 e. The molecule has 3 heterocycles. The van der Waals surface area contributed by atoms with Gasteiger partial charge in [-0.15, -0.1) is 15.3 Å². The van der Waals surface area contributed by atoms with Gasteiger partial charge in [0.2, 0.25) is 0 Å². The number of aromatic nitrogens is 7.